The van der Waals surface area contributed by atoms with Gasteiger partial charge in [-0.25, -0.2) is 4.98 Å². The third-order valence-corrected chi connectivity index (χ3v) is 5.00. The van der Waals surface area contributed by atoms with E-state index >= 15 is 0 Å². The summed E-state index contributed by atoms with van der Waals surface area (Å²) in [6.07, 6.45) is 0. The first-order valence-corrected chi connectivity index (χ1v) is 8.63. The van der Waals surface area contributed by atoms with Gasteiger partial charge >= 0.3 is 0 Å². The van der Waals surface area contributed by atoms with E-state index in [9.17, 15) is 0 Å². The highest BCUT2D eigenvalue weighted by Crippen LogP contribution is 2.26. The fourth-order valence-electron chi connectivity index (χ4n) is 2.93. The molecule has 0 aliphatic carbocycles. The molecule has 0 bridgehead atoms. The molecule has 0 amide bonds. The van der Waals surface area contributed by atoms with Crippen LogP contribution in [0.5, 0.6) is 0 Å². The van der Waals surface area contributed by atoms with Crippen molar-refractivity contribution in [1.82, 2.24) is 15.2 Å². The number of nitrogens with zero attached hydrogens (tertiary/aromatic N) is 2. The Morgan fingerprint density at radius 1 is 1.05 bits per heavy atom. The third-order valence-electron chi connectivity index (χ3n) is 4.17. The lowest BCUT2D eigenvalue weighted by molar-refractivity contribution is 0.233. The largest absolute Gasteiger partial charge is 0.314 e. The van der Waals surface area contributed by atoms with Gasteiger partial charge in [-0.3, -0.25) is 4.90 Å². The molecule has 1 aromatic heterocycles. The van der Waals surface area contributed by atoms with Gasteiger partial charge in [0.2, 0.25) is 0 Å². The Kier molecular flexibility index (Phi) is 3.89. The number of nitrogens with one attached hydrogen (secondary N) is 1. The molecule has 0 atom stereocenters. The van der Waals surface area contributed by atoms with Gasteiger partial charge in [0.15, 0.2) is 0 Å². The quantitative estimate of drug-likeness (QED) is 0.804. The highest BCUT2D eigenvalue weighted by Gasteiger charge is 2.12. The number of hydrogen-bond acceptors (Lipinski definition) is 4. The summed E-state index contributed by atoms with van der Waals surface area (Å²) in [5.74, 6) is 0. The van der Waals surface area contributed by atoms with Gasteiger partial charge in [-0.05, 0) is 16.8 Å². The lowest BCUT2D eigenvalue weighted by Gasteiger charge is -2.26. The van der Waals surface area contributed by atoms with Crippen LogP contribution in [-0.2, 0) is 6.54 Å². The van der Waals surface area contributed by atoms with E-state index < -0.39 is 0 Å². The molecule has 2 aromatic carbocycles. The van der Waals surface area contributed by atoms with E-state index in [1.807, 2.05) is 0 Å². The number of fused-ring (bicyclic) bond motifs is 1. The average Bonchev–Trinajstić information content (AvgIpc) is 3.04. The Morgan fingerprint density at radius 2 is 1.86 bits per heavy atom. The fraction of sp³-hybridized carbons (Fsp3) is 0.278. The van der Waals surface area contributed by atoms with E-state index in [-0.39, 0.29) is 0 Å². The van der Waals surface area contributed by atoms with Crippen LogP contribution >= 0.6 is 11.3 Å². The summed E-state index contributed by atoms with van der Waals surface area (Å²) in [4.78, 5) is 7.31. The monoisotopic (exact) mass is 309 g/mol. The summed E-state index contributed by atoms with van der Waals surface area (Å²) in [7, 11) is 0. The third kappa shape index (κ3) is 2.90. The maximum absolute atomic E-state index is 4.84. The highest BCUT2D eigenvalue weighted by molar-refractivity contribution is 7.09. The molecular weight excluding hydrogens is 290 g/mol. The Labute approximate surface area is 134 Å². The van der Waals surface area contributed by atoms with Crippen molar-refractivity contribution in [2.75, 3.05) is 26.2 Å². The normalized spacial score (nSPS) is 16.2. The first-order valence-electron chi connectivity index (χ1n) is 7.75. The Balaban J connectivity index is 1.56. The van der Waals surface area contributed by atoms with Crippen molar-refractivity contribution in [3.63, 3.8) is 0 Å². The van der Waals surface area contributed by atoms with Gasteiger partial charge in [-0.1, -0.05) is 36.4 Å². The van der Waals surface area contributed by atoms with Crippen LogP contribution in [0.25, 0.3) is 22.0 Å². The molecule has 22 heavy (non-hydrogen) atoms. The fourth-order valence-corrected chi connectivity index (χ4v) is 3.77. The van der Waals surface area contributed by atoms with Gasteiger partial charge in [-0.2, -0.15) is 0 Å². The molecule has 1 aliphatic heterocycles. The molecule has 3 aromatic rings. The predicted octanol–water partition coefficient (Wildman–Crippen LogP) is 3.37. The molecule has 1 N–H and O–H groups in total. The zero-order valence-corrected chi connectivity index (χ0v) is 13.3. The van der Waals surface area contributed by atoms with Crippen LogP contribution in [0.3, 0.4) is 0 Å². The molecule has 0 unspecified atom stereocenters. The van der Waals surface area contributed by atoms with Crippen LogP contribution in [0.2, 0.25) is 0 Å². The zero-order valence-electron chi connectivity index (χ0n) is 12.5. The first-order chi connectivity index (χ1) is 10.9. The van der Waals surface area contributed by atoms with Crippen molar-refractivity contribution in [2.45, 2.75) is 6.54 Å². The number of piperazine rings is 1. The zero-order chi connectivity index (χ0) is 14.8. The smallest absolute Gasteiger partial charge is 0.107 e. The van der Waals surface area contributed by atoms with E-state index in [1.165, 1.54) is 21.3 Å². The SMILES string of the molecule is c1ccc2cc(-c3csc(CN4CCNCC4)n3)ccc2c1. The summed E-state index contributed by atoms with van der Waals surface area (Å²) in [5.41, 5.74) is 2.31. The maximum atomic E-state index is 4.84. The van der Waals surface area contributed by atoms with E-state index in [2.05, 4.69) is 58.1 Å². The molecule has 4 rings (SSSR count). The molecule has 0 radical (unpaired) electrons. The lowest BCUT2D eigenvalue weighted by Crippen LogP contribution is -2.42. The van der Waals surface area contributed by atoms with Gasteiger partial charge in [0.1, 0.15) is 5.01 Å². The van der Waals surface area contributed by atoms with Crippen molar-refractivity contribution in [3.8, 4) is 11.3 Å². The van der Waals surface area contributed by atoms with Gasteiger partial charge < -0.3 is 5.32 Å². The first kappa shape index (κ1) is 13.9. The molecule has 112 valence electrons. The van der Waals surface area contributed by atoms with Crippen LogP contribution in [0, 0.1) is 0 Å². The van der Waals surface area contributed by atoms with E-state index in [0.29, 0.717) is 0 Å². The summed E-state index contributed by atoms with van der Waals surface area (Å²) in [6.45, 7) is 5.38. The maximum Gasteiger partial charge on any atom is 0.107 e. The second-order valence-corrected chi connectivity index (χ2v) is 6.66. The summed E-state index contributed by atoms with van der Waals surface area (Å²) < 4.78 is 0. The summed E-state index contributed by atoms with van der Waals surface area (Å²) in [5, 5.41) is 9.34. The van der Waals surface area contributed by atoms with E-state index in [0.717, 1.165) is 38.4 Å². The minimum atomic E-state index is 0.972. The number of benzene rings is 2. The van der Waals surface area contributed by atoms with E-state index in [1.54, 1.807) is 11.3 Å². The average molecular weight is 309 g/mol. The number of aromatic nitrogens is 1. The number of hydrogen-bond donors (Lipinski definition) is 1. The number of rotatable bonds is 3. The Bertz CT molecular complexity index is 775. The van der Waals surface area contributed by atoms with Crippen LogP contribution in [0.1, 0.15) is 5.01 Å². The van der Waals surface area contributed by atoms with Crippen LogP contribution in [-0.4, -0.2) is 36.1 Å². The molecule has 4 heteroatoms. The lowest BCUT2D eigenvalue weighted by atomic mass is 10.1. The van der Waals surface area contributed by atoms with Gasteiger partial charge in [0, 0.05) is 37.1 Å². The summed E-state index contributed by atoms with van der Waals surface area (Å²) >= 11 is 1.77. The molecule has 0 spiro atoms. The minimum absolute atomic E-state index is 0.972. The minimum Gasteiger partial charge on any atom is -0.314 e. The Morgan fingerprint density at radius 3 is 2.73 bits per heavy atom. The van der Waals surface area contributed by atoms with Gasteiger partial charge in [0.25, 0.3) is 0 Å². The summed E-state index contributed by atoms with van der Waals surface area (Å²) in [6, 6.07) is 15.1. The highest BCUT2D eigenvalue weighted by atomic mass is 32.1. The van der Waals surface area contributed by atoms with Crippen LogP contribution in [0.15, 0.2) is 47.8 Å². The van der Waals surface area contributed by atoms with Crippen LogP contribution < -0.4 is 5.32 Å². The molecule has 1 aliphatic rings. The van der Waals surface area contributed by atoms with Crippen molar-refractivity contribution < 1.29 is 0 Å². The van der Waals surface area contributed by atoms with Crippen molar-refractivity contribution in [3.05, 3.63) is 52.9 Å². The van der Waals surface area contributed by atoms with E-state index in [4.69, 9.17) is 4.98 Å². The topological polar surface area (TPSA) is 28.2 Å². The second kappa shape index (κ2) is 6.16. The van der Waals surface area contributed by atoms with Crippen LogP contribution in [0.4, 0.5) is 0 Å². The number of thiazole rings is 1. The molecule has 2 heterocycles. The van der Waals surface area contributed by atoms with Crippen molar-refractivity contribution in [2.24, 2.45) is 0 Å². The Hall–Kier alpha value is -1.75. The molecule has 1 fully saturated rings. The molecule has 0 saturated carbocycles. The molecular formula is C18H19N3S. The van der Waals surface area contributed by atoms with Gasteiger partial charge in [0.05, 0.1) is 12.2 Å². The van der Waals surface area contributed by atoms with Gasteiger partial charge in [-0.15, -0.1) is 11.3 Å². The van der Waals surface area contributed by atoms with Crippen molar-refractivity contribution in [1.29, 1.82) is 0 Å². The van der Waals surface area contributed by atoms with Crippen molar-refractivity contribution >= 4 is 22.1 Å². The molecule has 1 saturated heterocycles. The predicted molar refractivity (Wildman–Crippen MR) is 93.2 cm³/mol. The molecule has 3 nitrogen and oxygen atoms in total. The standard InChI is InChI=1S/C18H19N3S/c1-2-4-15-11-16(6-5-14(15)3-1)17-13-22-18(20-17)12-21-9-7-19-8-10-21/h1-6,11,13,19H,7-10,12H2. The second-order valence-electron chi connectivity index (χ2n) is 5.71.